The molecule has 1 heterocycles. The molecular formula is C15H12BrNO3S. The predicted molar refractivity (Wildman–Crippen MR) is 85.1 cm³/mol. The number of benzene rings is 2. The van der Waals surface area contributed by atoms with Crippen molar-refractivity contribution in [3.8, 4) is 5.75 Å². The first-order chi connectivity index (χ1) is 9.93. The van der Waals surface area contributed by atoms with E-state index in [2.05, 4.69) is 15.9 Å². The van der Waals surface area contributed by atoms with Gasteiger partial charge in [-0.1, -0.05) is 34.1 Å². The fraction of sp³-hybridized carbons (Fsp3) is 0.0667. The van der Waals surface area contributed by atoms with Crippen molar-refractivity contribution in [3.63, 3.8) is 0 Å². The smallest absolute Gasteiger partial charge is 0.268 e. The standard InChI is InChI=1S/C15H12BrNO3S/c1-10-15(18)13-9-11(16)7-8-14(13)17(10)21(19,20)12-5-3-2-4-6-12/h2-9,18H,1H3. The minimum absolute atomic E-state index is 0.0224. The van der Waals surface area contributed by atoms with Gasteiger partial charge < -0.3 is 5.11 Å². The Bertz CT molecular complexity index is 930. The zero-order valence-corrected chi connectivity index (χ0v) is 13.5. The van der Waals surface area contributed by atoms with Crippen molar-refractivity contribution >= 4 is 36.9 Å². The summed E-state index contributed by atoms with van der Waals surface area (Å²) in [4.78, 5) is 0.188. The average Bonchev–Trinajstić information content (AvgIpc) is 2.72. The van der Waals surface area contributed by atoms with Crippen molar-refractivity contribution in [3.05, 3.63) is 58.7 Å². The van der Waals surface area contributed by atoms with Crippen molar-refractivity contribution in [2.24, 2.45) is 0 Å². The fourth-order valence-electron chi connectivity index (χ4n) is 2.35. The van der Waals surface area contributed by atoms with Gasteiger partial charge in [0.05, 0.1) is 16.1 Å². The first-order valence-corrected chi connectivity index (χ1v) is 8.46. The summed E-state index contributed by atoms with van der Waals surface area (Å²) in [5, 5.41) is 10.7. The van der Waals surface area contributed by atoms with E-state index in [1.54, 1.807) is 43.3 Å². The molecule has 6 heteroatoms. The molecule has 3 aromatic rings. The third kappa shape index (κ3) is 2.15. The van der Waals surface area contributed by atoms with E-state index in [1.807, 2.05) is 0 Å². The van der Waals surface area contributed by atoms with Gasteiger partial charge in [-0.05, 0) is 37.3 Å². The van der Waals surface area contributed by atoms with Crippen LogP contribution in [0.25, 0.3) is 10.9 Å². The van der Waals surface area contributed by atoms with Crippen LogP contribution in [0.4, 0.5) is 0 Å². The number of aromatic nitrogens is 1. The molecule has 0 aliphatic rings. The summed E-state index contributed by atoms with van der Waals surface area (Å²) >= 11 is 3.33. The van der Waals surface area contributed by atoms with Crippen molar-refractivity contribution < 1.29 is 13.5 Å². The topological polar surface area (TPSA) is 59.3 Å². The van der Waals surface area contributed by atoms with Gasteiger partial charge in [0.2, 0.25) is 0 Å². The number of halogens is 1. The Balaban J connectivity index is 2.39. The Morgan fingerprint density at radius 3 is 2.43 bits per heavy atom. The van der Waals surface area contributed by atoms with E-state index in [-0.39, 0.29) is 10.6 Å². The molecule has 21 heavy (non-hydrogen) atoms. The normalized spacial score (nSPS) is 11.9. The number of hydrogen-bond acceptors (Lipinski definition) is 3. The lowest BCUT2D eigenvalue weighted by atomic mass is 10.2. The van der Waals surface area contributed by atoms with E-state index in [4.69, 9.17) is 0 Å². The Kier molecular flexibility index (Phi) is 3.30. The number of nitrogens with zero attached hydrogens (tertiary/aromatic N) is 1. The summed E-state index contributed by atoms with van der Waals surface area (Å²) in [6.07, 6.45) is 0. The summed E-state index contributed by atoms with van der Waals surface area (Å²) in [7, 11) is -3.75. The van der Waals surface area contributed by atoms with Crippen LogP contribution in [-0.2, 0) is 10.0 Å². The van der Waals surface area contributed by atoms with Crippen LogP contribution in [-0.4, -0.2) is 17.5 Å². The molecule has 0 radical (unpaired) electrons. The molecule has 0 aliphatic carbocycles. The van der Waals surface area contributed by atoms with Gasteiger partial charge in [-0.15, -0.1) is 0 Å². The van der Waals surface area contributed by atoms with Gasteiger partial charge in [-0.3, -0.25) is 0 Å². The molecule has 0 bridgehead atoms. The maximum Gasteiger partial charge on any atom is 0.268 e. The van der Waals surface area contributed by atoms with Gasteiger partial charge in [-0.25, -0.2) is 12.4 Å². The highest BCUT2D eigenvalue weighted by Crippen LogP contribution is 2.35. The monoisotopic (exact) mass is 365 g/mol. The molecule has 0 saturated heterocycles. The largest absolute Gasteiger partial charge is 0.505 e. The quantitative estimate of drug-likeness (QED) is 0.753. The summed E-state index contributed by atoms with van der Waals surface area (Å²) in [5.41, 5.74) is 0.754. The molecule has 1 aromatic heterocycles. The second-order valence-electron chi connectivity index (χ2n) is 4.68. The number of rotatable bonds is 2. The van der Waals surface area contributed by atoms with Crippen LogP contribution in [0.2, 0.25) is 0 Å². The second kappa shape index (κ2) is 4.89. The average molecular weight is 366 g/mol. The van der Waals surface area contributed by atoms with E-state index in [0.717, 1.165) is 4.47 Å². The van der Waals surface area contributed by atoms with E-state index in [1.165, 1.54) is 16.1 Å². The Labute approximate surface area is 130 Å². The van der Waals surface area contributed by atoms with Crippen LogP contribution in [0.5, 0.6) is 5.75 Å². The van der Waals surface area contributed by atoms with Crippen LogP contribution >= 0.6 is 15.9 Å². The lowest BCUT2D eigenvalue weighted by Gasteiger charge is -2.09. The number of hydrogen-bond donors (Lipinski definition) is 1. The maximum atomic E-state index is 12.8. The van der Waals surface area contributed by atoms with Crippen LogP contribution in [0.3, 0.4) is 0 Å². The minimum atomic E-state index is -3.75. The molecule has 3 rings (SSSR count). The van der Waals surface area contributed by atoms with Gasteiger partial charge in [0.15, 0.2) is 0 Å². The van der Waals surface area contributed by atoms with Gasteiger partial charge in [-0.2, -0.15) is 0 Å². The van der Waals surface area contributed by atoms with E-state index in [0.29, 0.717) is 16.6 Å². The molecule has 0 atom stereocenters. The Hall–Kier alpha value is -1.79. The molecule has 0 saturated carbocycles. The first-order valence-electron chi connectivity index (χ1n) is 6.23. The van der Waals surface area contributed by atoms with Crippen LogP contribution in [0, 0.1) is 6.92 Å². The number of aromatic hydroxyl groups is 1. The fourth-order valence-corrected chi connectivity index (χ4v) is 4.29. The SMILES string of the molecule is Cc1c(O)c2cc(Br)ccc2n1S(=O)(=O)c1ccccc1. The summed E-state index contributed by atoms with van der Waals surface area (Å²) < 4.78 is 27.6. The first kappa shape index (κ1) is 14.2. The van der Waals surface area contributed by atoms with Gasteiger partial charge in [0, 0.05) is 9.86 Å². The van der Waals surface area contributed by atoms with Crippen LogP contribution in [0.1, 0.15) is 5.69 Å². The van der Waals surface area contributed by atoms with Crippen molar-refractivity contribution in [1.82, 2.24) is 3.97 Å². The molecule has 4 nitrogen and oxygen atoms in total. The maximum absolute atomic E-state index is 12.8. The minimum Gasteiger partial charge on any atom is -0.505 e. The third-order valence-electron chi connectivity index (χ3n) is 3.36. The van der Waals surface area contributed by atoms with E-state index >= 15 is 0 Å². The molecule has 1 N–H and O–H groups in total. The van der Waals surface area contributed by atoms with Gasteiger partial charge in [0.25, 0.3) is 10.0 Å². The molecule has 0 aliphatic heterocycles. The van der Waals surface area contributed by atoms with Crippen molar-refractivity contribution in [2.75, 3.05) is 0 Å². The van der Waals surface area contributed by atoms with E-state index in [9.17, 15) is 13.5 Å². The Morgan fingerprint density at radius 1 is 1.10 bits per heavy atom. The summed E-state index contributed by atoms with van der Waals surface area (Å²) in [5.74, 6) is -0.0224. The molecule has 2 aromatic carbocycles. The molecule has 108 valence electrons. The van der Waals surface area contributed by atoms with Gasteiger partial charge >= 0.3 is 0 Å². The van der Waals surface area contributed by atoms with Gasteiger partial charge in [0.1, 0.15) is 5.75 Å². The van der Waals surface area contributed by atoms with Crippen LogP contribution < -0.4 is 0 Å². The summed E-state index contributed by atoms with van der Waals surface area (Å²) in [6.45, 7) is 1.59. The zero-order chi connectivity index (χ0) is 15.2. The molecule has 0 amide bonds. The highest BCUT2D eigenvalue weighted by atomic mass is 79.9. The third-order valence-corrected chi connectivity index (χ3v) is 5.67. The highest BCUT2D eigenvalue weighted by Gasteiger charge is 2.24. The molecule has 0 spiro atoms. The Morgan fingerprint density at radius 2 is 1.76 bits per heavy atom. The highest BCUT2D eigenvalue weighted by molar-refractivity contribution is 9.10. The summed E-state index contributed by atoms with van der Waals surface area (Å²) in [6, 6.07) is 13.3. The molecular weight excluding hydrogens is 354 g/mol. The van der Waals surface area contributed by atoms with Crippen LogP contribution in [0.15, 0.2) is 57.9 Å². The second-order valence-corrected chi connectivity index (χ2v) is 7.38. The lowest BCUT2D eigenvalue weighted by Crippen LogP contribution is -2.14. The molecule has 0 fully saturated rings. The number of fused-ring (bicyclic) bond motifs is 1. The zero-order valence-electron chi connectivity index (χ0n) is 11.1. The molecule has 0 unspecified atom stereocenters. The van der Waals surface area contributed by atoms with Crippen molar-refractivity contribution in [1.29, 1.82) is 0 Å². The van der Waals surface area contributed by atoms with Crippen molar-refractivity contribution in [2.45, 2.75) is 11.8 Å². The van der Waals surface area contributed by atoms with E-state index < -0.39 is 10.0 Å². The lowest BCUT2D eigenvalue weighted by molar-refractivity contribution is 0.475. The predicted octanol–water partition coefficient (Wildman–Crippen LogP) is 3.65.